The van der Waals surface area contributed by atoms with Gasteiger partial charge in [-0.1, -0.05) is 12.1 Å². The topological polar surface area (TPSA) is 102 Å². The number of methoxy groups -OCH3 is 1. The predicted molar refractivity (Wildman–Crippen MR) is 116 cm³/mol. The molecule has 0 radical (unpaired) electrons. The van der Waals surface area contributed by atoms with Gasteiger partial charge in [-0.05, 0) is 48.9 Å². The second-order valence-corrected chi connectivity index (χ2v) is 7.45. The zero-order chi connectivity index (χ0) is 22.8. The molecule has 164 valence electrons. The maximum Gasteiger partial charge on any atom is 0.251 e. The van der Waals surface area contributed by atoms with Crippen LogP contribution in [0.5, 0.6) is 0 Å². The second kappa shape index (κ2) is 8.72. The fraction of sp³-hybridized carbons (Fsp3) is 0.217. The number of rotatable bonds is 7. The molecule has 32 heavy (non-hydrogen) atoms. The van der Waals surface area contributed by atoms with Crippen LogP contribution in [-0.2, 0) is 20.9 Å². The number of carbonyl (C=O) groups excluding carboxylic acids is 3. The van der Waals surface area contributed by atoms with Crippen molar-refractivity contribution in [2.45, 2.75) is 26.0 Å². The Labute approximate surface area is 183 Å². The molecule has 0 spiro atoms. The normalized spacial score (nSPS) is 14.7. The summed E-state index contributed by atoms with van der Waals surface area (Å²) in [6.07, 6.45) is -0.135. The smallest absolute Gasteiger partial charge is 0.251 e. The molecule has 2 aromatic carbocycles. The molecule has 9 heteroatoms. The fourth-order valence-electron chi connectivity index (χ4n) is 3.65. The molecule has 0 saturated carbocycles. The number of fused-ring (bicyclic) bond motifs is 1. The van der Waals surface area contributed by atoms with Crippen LogP contribution in [0.2, 0.25) is 0 Å². The van der Waals surface area contributed by atoms with E-state index in [4.69, 9.17) is 4.74 Å². The van der Waals surface area contributed by atoms with Gasteiger partial charge in [-0.25, -0.2) is 9.07 Å². The van der Waals surface area contributed by atoms with Gasteiger partial charge in [0.25, 0.3) is 5.91 Å². The van der Waals surface area contributed by atoms with Crippen molar-refractivity contribution in [1.29, 1.82) is 0 Å². The average molecular weight is 436 g/mol. The molecule has 0 fully saturated rings. The van der Waals surface area contributed by atoms with E-state index in [1.54, 1.807) is 36.4 Å². The third-order valence-corrected chi connectivity index (χ3v) is 5.19. The summed E-state index contributed by atoms with van der Waals surface area (Å²) in [5, 5.41) is 10.0. The lowest BCUT2D eigenvalue weighted by atomic mass is 10.1. The standard InChI is InChI=1S/C23H21FN4O4/c1-13(29)14-5-9-17(10-6-14)25-20(30)11-19-23(31)26-22-21(15-3-7-16(24)8-4-15)18(12-32-2)27-28(19)22/h3-10,19H,11-12H2,1-2H3,(H,25,30)(H,26,31). The highest BCUT2D eigenvalue weighted by Crippen LogP contribution is 2.39. The zero-order valence-corrected chi connectivity index (χ0v) is 17.5. The van der Waals surface area contributed by atoms with E-state index in [0.717, 1.165) is 0 Å². The number of halogens is 1. The summed E-state index contributed by atoms with van der Waals surface area (Å²) in [6, 6.07) is 11.5. The summed E-state index contributed by atoms with van der Waals surface area (Å²) < 4.78 is 20.1. The SMILES string of the molecule is COCc1nn2c(c1-c1ccc(F)cc1)NC(=O)C2CC(=O)Nc1ccc(C(C)=O)cc1. The molecular formula is C23H21FN4O4. The van der Waals surface area contributed by atoms with Crippen LogP contribution in [0.15, 0.2) is 48.5 Å². The van der Waals surface area contributed by atoms with Gasteiger partial charge in [0, 0.05) is 23.9 Å². The summed E-state index contributed by atoms with van der Waals surface area (Å²) >= 11 is 0. The predicted octanol–water partition coefficient (Wildman–Crippen LogP) is 3.56. The maximum atomic E-state index is 13.4. The van der Waals surface area contributed by atoms with E-state index in [9.17, 15) is 18.8 Å². The number of amides is 2. The van der Waals surface area contributed by atoms with Gasteiger partial charge in [0.15, 0.2) is 5.78 Å². The fourth-order valence-corrected chi connectivity index (χ4v) is 3.65. The minimum Gasteiger partial charge on any atom is -0.378 e. The van der Waals surface area contributed by atoms with Crippen molar-refractivity contribution in [2.24, 2.45) is 0 Å². The molecule has 1 aromatic heterocycles. The molecule has 0 saturated heterocycles. The van der Waals surface area contributed by atoms with Gasteiger partial charge < -0.3 is 15.4 Å². The first-order chi connectivity index (χ1) is 15.4. The lowest BCUT2D eigenvalue weighted by molar-refractivity contribution is -0.123. The van der Waals surface area contributed by atoms with Crippen molar-refractivity contribution in [3.63, 3.8) is 0 Å². The molecule has 0 bridgehead atoms. The molecule has 1 aliphatic rings. The van der Waals surface area contributed by atoms with Crippen LogP contribution in [0.1, 0.15) is 35.4 Å². The molecule has 3 aromatic rings. The molecule has 2 heterocycles. The van der Waals surface area contributed by atoms with Crippen LogP contribution in [0, 0.1) is 5.82 Å². The number of anilines is 2. The van der Waals surface area contributed by atoms with Gasteiger partial charge in [0.2, 0.25) is 5.91 Å². The van der Waals surface area contributed by atoms with E-state index in [2.05, 4.69) is 15.7 Å². The molecule has 8 nitrogen and oxygen atoms in total. The zero-order valence-electron chi connectivity index (χ0n) is 17.5. The van der Waals surface area contributed by atoms with Crippen molar-refractivity contribution >= 4 is 29.1 Å². The number of benzene rings is 2. The van der Waals surface area contributed by atoms with Crippen LogP contribution in [0.3, 0.4) is 0 Å². The molecule has 1 aliphatic heterocycles. The van der Waals surface area contributed by atoms with Crippen LogP contribution >= 0.6 is 0 Å². The van der Waals surface area contributed by atoms with Gasteiger partial charge in [-0.15, -0.1) is 0 Å². The first-order valence-electron chi connectivity index (χ1n) is 9.95. The number of ketones is 1. The third kappa shape index (κ3) is 4.15. The van der Waals surface area contributed by atoms with Crippen molar-refractivity contribution in [2.75, 3.05) is 17.7 Å². The molecule has 1 atom stereocenters. The highest BCUT2D eigenvalue weighted by atomic mass is 19.1. The molecule has 2 N–H and O–H groups in total. The van der Waals surface area contributed by atoms with Gasteiger partial charge in [0.05, 0.1) is 18.7 Å². The number of ether oxygens (including phenoxy) is 1. The summed E-state index contributed by atoms with van der Waals surface area (Å²) in [5.74, 6) is -0.735. The Morgan fingerprint density at radius 3 is 2.47 bits per heavy atom. The monoisotopic (exact) mass is 436 g/mol. The van der Waals surface area contributed by atoms with Crippen LogP contribution in [0.4, 0.5) is 15.9 Å². The highest BCUT2D eigenvalue weighted by Gasteiger charge is 2.37. The van der Waals surface area contributed by atoms with E-state index in [1.807, 2.05) is 0 Å². The lowest BCUT2D eigenvalue weighted by Gasteiger charge is -2.10. The van der Waals surface area contributed by atoms with E-state index in [-0.39, 0.29) is 36.4 Å². The Hall–Kier alpha value is -3.85. The molecule has 4 rings (SSSR count). The summed E-state index contributed by atoms with van der Waals surface area (Å²) in [6.45, 7) is 1.65. The van der Waals surface area contributed by atoms with Crippen LogP contribution < -0.4 is 10.6 Å². The van der Waals surface area contributed by atoms with Gasteiger partial charge in [-0.2, -0.15) is 5.10 Å². The van der Waals surface area contributed by atoms with Gasteiger partial charge >= 0.3 is 0 Å². The molecule has 0 aliphatic carbocycles. The van der Waals surface area contributed by atoms with Crippen molar-refractivity contribution < 1.29 is 23.5 Å². The number of carbonyl (C=O) groups is 3. The van der Waals surface area contributed by atoms with E-state index in [1.165, 1.54) is 30.8 Å². The minimum absolute atomic E-state index is 0.0689. The minimum atomic E-state index is -0.841. The summed E-state index contributed by atoms with van der Waals surface area (Å²) in [5.41, 5.74) is 2.93. The number of aromatic nitrogens is 2. The molecule has 2 amide bonds. The van der Waals surface area contributed by atoms with E-state index >= 15 is 0 Å². The van der Waals surface area contributed by atoms with Crippen LogP contribution in [0.25, 0.3) is 11.1 Å². The van der Waals surface area contributed by atoms with Crippen molar-refractivity contribution in [3.8, 4) is 11.1 Å². The Bertz CT molecular complexity index is 1190. The second-order valence-electron chi connectivity index (χ2n) is 7.45. The van der Waals surface area contributed by atoms with Crippen molar-refractivity contribution in [3.05, 3.63) is 65.6 Å². The first-order valence-corrected chi connectivity index (χ1v) is 9.95. The highest BCUT2D eigenvalue weighted by molar-refractivity contribution is 6.04. The Kier molecular flexibility index (Phi) is 5.83. The lowest BCUT2D eigenvalue weighted by Crippen LogP contribution is -2.24. The number of nitrogens with zero attached hydrogens (tertiary/aromatic N) is 2. The number of nitrogens with one attached hydrogen (secondary N) is 2. The van der Waals surface area contributed by atoms with Gasteiger partial charge in [-0.3, -0.25) is 14.4 Å². The Morgan fingerprint density at radius 2 is 1.84 bits per heavy atom. The Morgan fingerprint density at radius 1 is 1.16 bits per heavy atom. The number of Topliss-reactive ketones (excluding diaryl/α,β-unsaturated/α-hetero) is 1. The van der Waals surface area contributed by atoms with Crippen LogP contribution in [-0.4, -0.2) is 34.5 Å². The number of hydrogen-bond donors (Lipinski definition) is 2. The van der Waals surface area contributed by atoms with E-state index in [0.29, 0.717) is 33.9 Å². The molecular weight excluding hydrogens is 415 g/mol. The largest absolute Gasteiger partial charge is 0.378 e. The number of hydrogen-bond acceptors (Lipinski definition) is 5. The summed E-state index contributed by atoms with van der Waals surface area (Å²) in [7, 11) is 1.53. The first kappa shape index (κ1) is 21.4. The van der Waals surface area contributed by atoms with Gasteiger partial charge in [0.1, 0.15) is 17.7 Å². The summed E-state index contributed by atoms with van der Waals surface area (Å²) in [4.78, 5) is 36.6. The maximum absolute atomic E-state index is 13.4. The van der Waals surface area contributed by atoms with E-state index < -0.39 is 6.04 Å². The average Bonchev–Trinajstić information content (AvgIpc) is 3.24. The molecule has 1 unspecified atom stereocenters. The van der Waals surface area contributed by atoms with Crippen molar-refractivity contribution in [1.82, 2.24) is 9.78 Å². The Balaban J connectivity index is 1.57. The third-order valence-electron chi connectivity index (χ3n) is 5.19. The quantitative estimate of drug-likeness (QED) is 0.552.